The first-order valence-corrected chi connectivity index (χ1v) is 8.67. The molecule has 7 heteroatoms. The van der Waals surface area contributed by atoms with Crippen molar-refractivity contribution in [3.63, 3.8) is 0 Å². The molecule has 5 rings (SSSR count). The van der Waals surface area contributed by atoms with Crippen molar-refractivity contribution in [1.82, 2.24) is 29.5 Å². The molecular weight excluding hydrogens is 314 g/mol. The summed E-state index contributed by atoms with van der Waals surface area (Å²) in [5.41, 5.74) is 2.38. The maximum absolute atomic E-state index is 4.67. The Hall–Kier alpha value is -2.96. The van der Waals surface area contributed by atoms with Crippen LogP contribution < -0.4 is 5.32 Å². The normalized spacial score (nSPS) is 15.4. The summed E-state index contributed by atoms with van der Waals surface area (Å²) in [6, 6.07) is 6.72. The minimum atomic E-state index is 0.474. The van der Waals surface area contributed by atoms with Gasteiger partial charge in [-0.2, -0.15) is 9.67 Å². The van der Waals surface area contributed by atoms with Crippen molar-refractivity contribution in [3.8, 4) is 5.69 Å². The molecule has 4 aromatic rings. The lowest BCUT2D eigenvalue weighted by Gasteiger charge is -2.11. The van der Waals surface area contributed by atoms with Crippen molar-refractivity contribution in [2.45, 2.75) is 31.7 Å². The lowest BCUT2D eigenvalue weighted by atomic mass is 10.2. The van der Waals surface area contributed by atoms with E-state index in [9.17, 15) is 0 Å². The summed E-state index contributed by atoms with van der Waals surface area (Å²) in [6.07, 6.45) is 10.9. The third-order valence-corrected chi connectivity index (χ3v) is 4.88. The topological polar surface area (TPSA) is 73.5 Å². The highest BCUT2D eigenvalue weighted by atomic mass is 15.4. The fraction of sp³-hybridized carbons (Fsp3) is 0.333. The summed E-state index contributed by atoms with van der Waals surface area (Å²) < 4.78 is 3.84. The smallest absolute Gasteiger partial charge is 0.225 e. The van der Waals surface area contributed by atoms with Gasteiger partial charge in [-0.3, -0.25) is 0 Å². The quantitative estimate of drug-likeness (QED) is 0.624. The zero-order valence-electron chi connectivity index (χ0n) is 14.1. The SMILES string of the molecule is Cn1cc2ccc(-n3nnc4cnc(NC5CCCC5)nc43)cc2c1. The van der Waals surface area contributed by atoms with E-state index in [4.69, 9.17) is 0 Å². The molecule has 0 atom stereocenters. The van der Waals surface area contributed by atoms with E-state index in [1.807, 2.05) is 13.1 Å². The molecule has 1 fully saturated rings. The van der Waals surface area contributed by atoms with E-state index in [0.29, 0.717) is 17.5 Å². The number of nitrogens with zero attached hydrogens (tertiary/aromatic N) is 6. The van der Waals surface area contributed by atoms with E-state index >= 15 is 0 Å². The van der Waals surface area contributed by atoms with E-state index in [1.165, 1.54) is 36.5 Å². The fourth-order valence-corrected chi connectivity index (χ4v) is 3.62. The minimum Gasteiger partial charge on any atom is -0.356 e. The molecule has 3 aromatic heterocycles. The van der Waals surface area contributed by atoms with Gasteiger partial charge >= 0.3 is 0 Å². The van der Waals surface area contributed by atoms with Gasteiger partial charge in [-0.15, -0.1) is 5.10 Å². The van der Waals surface area contributed by atoms with Crippen molar-refractivity contribution in [1.29, 1.82) is 0 Å². The summed E-state index contributed by atoms with van der Waals surface area (Å²) in [7, 11) is 2.03. The summed E-state index contributed by atoms with van der Waals surface area (Å²) in [4.78, 5) is 9.06. The van der Waals surface area contributed by atoms with Crippen LogP contribution in [-0.4, -0.2) is 35.6 Å². The van der Waals surface area contributed by atoms with Crippen LogP contribution in [0.1, 0.15) is 25.7 Å². The Morgan fingerprint density at radius 3 is 2.84 bits per heavy atom. The summed E-state index contributed by atoms with van der Waals surface area (Å²) in [5.74, 6) is 0.656. The van der Waals surface area contributed by atoms with Gasteiger partial charge < -0.3 is 9.88 Å². The van der Waals surface area contributed by atoms with Crippen molar-refractivity contribution < 1.29 is 0 Å². The van der Waals surface area contributed by atoms with Crippen LogP contribution in [0.4, 0.5) is 5.95 Å². The molecule has 1 aliphatic rings. The average Bonchev–Trinajstić information content (AvgIpc) is 3.32. The molecule has 0 amide bonds. The Bertz CT molecular complexity index is 1060. The second-order valence-electron chi connectivity index (χ2n) is 6.77. The van der Waals surface area contributed by atoms with Crippen molar-refractivity contribution in [2.75, 3.05) is 5.32 Å². The van der Waals surface area contributed by atoms with Crippen molar-refractivity contribution >= 4 is 27.9 Å². The second-order valence-corrected chi connectivity index (χ2v) is 6.77. The number of aromatic nitrogens is 6. The zero-order valence-corrected chi connectivity index (χ0v) is 14.1. The molecule has 1 saturated carbocycles. The first kappa shape index (κ1) is 14.4. The Balaban J connectivity index is 1.56. The van der Waals surface area contributed by atoms with Crippen molar-refractivity contribution in [3.05, 3.63) is 36.8 Å². The van der Waals surface area contributed by atoms with E-state index in [2.05, 4.69) is 54.7 Å². The molecule has 0 bridgehead atoms. The number of nitrogens with one attached hydrogen (secondary N) is 1. The number of hydrogen-bond donors (Lipinski definition) is 1. The van der Waals surface area contributed by atoms with Crippen LogP contribution in [0.15, 0.2) is 36.8 Å². The fourth-order valence-electron chi connectivity index (χ4n) is 3.62. The molecule has 1 aliphatic carbocycles. The number of aryl methyl sites for hydroxylation is 1. The van der Waals surface area contributed by atoms with Crippen LogP contribution in [0.2, 0.25) is 0 Å². The van der Waals surface area contributed by atoms with Crippen LogP contribution in [0.25, 0.3) is 27.6 Å². The van der Waals surface area contributed by atoms with E-state index < -0.39 is 0 Å². The van der Waals surface area contributed by atoms with Crippen LogP contribution in [0, 0.1) is 0 Å². The van der Waals surface area contributed by atoms with Gasteiger partial charge in [0.2, 0.25) is 5.95 Å². The summed E-state index contributed by atoms with van der Waals surface area (Å²) in [5, 5.41) is 14.3. The molecule has 0 saturated heterocycles. The maximum Gasteiger partial charge on any atom is 0.225 e. The third-order valence-electron chi connectivity index (χ3n) is 4.88. The number of hydrogen-bond acceptors (Lipinski definition) is 5. The van der Waals surface area contributed by atoms with Gasteiger partial charge in [-0.25, -0.2) is 4.98 Å². The molecule has 0 aliphatic heterocycles. The third kappa shape index (κ3) is 2.52. The first-order valence-electron chi connectivity index (χ1n) is 8.67. The van der Waals surface area contributed by atoms with Gasteiger partial charge in [0, 0.05) is 30.9 Å². The van der Waals surface area contributed by atoms with Gasteiger partial charge in [0.05, 0.1) is 11.9 Å². The lowest BCUT2D eigenvalue weighted by molar-refractivity contribution is 0.744. The Kier molecular flexibility index (Phi) is 3.19. The van der Waals surface area contributed by atoms with E-state index in [1.54, 1.807) is 10.9 Å². The van der Waals surface area contributed by atoms with Gasteiger partial charge in [0.15, 0.2) is 11.2 Å². The van der Waals surface area contributed by atoms with E-state index in [0.717, 1.165) is 11.3 Å². The monoisotopic (exact) mass is 333 g/mol. The summed E-state index contributed by atoms with van der Waals surface area (Å²) >= 11 is 0. The van der Waals surface area contributed by atoms with Gasteiger partial charge in [-0.1, -0.05) is 24.1 Å². The highest BCUT2D eigenvalue weighted by Gasteiger charge is 2.17. The Labute approximate surface area is 144 Å². The van der Waals surface area contributed by atoms with E-state index in [-0.39, 0.29) is 0 Å². The Morgan fingerprint density at radius 1 is 1.12 bits per heavy atom. The summed E-state index contributed by atoms with van der Waals surface area (Å²) in [6.45, 7) is 0. The van der Waals surface area contributed by atoms with Gasteiger partial charge in [0.25, 0.3) is 0 Å². The first-order chi connectivity index (χ1) is 12.3. The molecule has 126 valence electrons. The average molecular weight is 333 g/mol. The maximum atomic E-state index is 4.67. The molecule has 25 heavy (non-hydrogen) atoms. The van der Waals surface area contributed by atoms with Gasteiger partial charge in [0.1, 0.15) is 0 Å². The Morgan fingerprint density at radius 2 is 1.96 bits per heavy atom. The zero-order chi connectivity index (χ0) is 16.8. The standard InChI is InChI=1S/C18H19N7/c1-24-10-12-6-7-15(8-13(12)11-24)25-17-16(22-23-25)9-19-18(21-17)20-14-4-2-3-5-14/h6-11,14H,2-5H2,1H3,(H,19,20,21). The van der Waals surface area contributed by atoms with Crippen LogP contribution in [-0.2, 0) is 7.05 Å². The number of anilines is 1. The van der Waals surface area contributed by atoms with Crippen LogP contribution >= 0.6 is 0 Å². The second kappa shape index (κ2) is 5.54. The van der Waals surface area contributed by atoms with Crippen LogP contribution in [0.3, 0.4) is 0 Å². The predicted molar refractivity (Wildman–Crippen MR) is 96.8 cm³/mol. The molecule has 7 nitrogen and oxygen atoms in total. The molecule has 0 radical (unpaired) electrons. The molecule has 1 N–H and O–H groups in total. The number of rotatable bonds is 3. The molecule has 3 heterocycles. The van der Waals surface area contributed by atoms with Crippen LogP contribution in [0.5, 0.6) is 0 Å². The minimum absolute atomic E-state index is 0.474. The molecule has 0 unspecified atom stereocenters. The molecular formula is C18H19N7. The lowest BCUT2D eigenvalue weighted by Crippen LogP contribution is -2.16. The number of fused-ring (bicyclic) bond motifs is 2. The molecule has 0 spiro atoms. The number of benzene rings is 1. The predicted octanol–water partition coefficient (Wildman–Crippen LogP) is 3.06. The van der Waals surface area contributed by atoms with Crippen molar-refractivity contribution in [2.24, 2.45) is 7.05 Å². The van der Waals surface area contributed by atoms with Gasteiger partial charge in [-0.05, 0) is 30.4 Å². The highest BCUT2D eigenvalue weighted by molar-refractivity contribution is 5.85. The largest absolute Gasteiger partial charge is 0.356 e. The molecule has 1 aromatic carbocycles. The highest BCUT2D eigenvalue weighted by Crippen LogP contribution is 2.23.